The zero-order valence-electron chi connectivity index (χ0n) is 21.6. The Morgan fingerprint density at radius 3 is 2.78 bits per heavy atom. The first-order valence-corrected chi connectivity index (χ1v) is 14.5. The van der Waals surface area contributed by atoms with Gasteiger partial charge < -0.3 is 9.32 Å². The minimum atomic E-state index is 0.0714. The number of rotatable bonds is 6. The van der Waals surface area contributed by atoms with Crippen LogP contribution in [0.1, 0.15) is 61.1 Å². The molecule has 2 unspecified atom stereocenters. The Kier molecular flexibility index (Phi) is 6.03. The topological polar surface area (TPSA) is 77.1 Å². The van der Waals surface area contributed by atoms with E-state index in [1.54, 1.807) is 18.0 Å². The number of amides is 1. The molecule has 0 radical (unpaired) electrons. The normalized spacial score (nSPS) is 22.5. The maximum atomic E-state index is 13.5. The number of fused-ring (bicyclic) bond motifs is 2. The van der Waals surface area contributed by atoms with Gasteiger partial charge in [-0.3, -0.25) is 9.36 Å². The lowest BCUT2D eigenvalue weighted by molar-refractivity contribution is 0.0703. The molecule has 37 heavy (non-hydrogen) atoms. The van der Waals surface area contributed by atoms with E-state index in [1.165, 1.54) is 17.8 Å². The highest BCUT2D eigenvalue weighted by molar-refractivity contribution is 7.98. The van der Waals surface area contributed by atoms with Crippen molar-refractivity contribution in [1.29, 1.82) is 0 Å². The molecule has 6 rings (SSSR count). The highest BCUT2D eigenvalue weighted by atomic mass is 32.2. The van der Waals surface area contributed by atoms with E-state index in [-0.39, 0.29) is 16.7 Å². The largest absolute Gasteiger partial charge is 0.461 e. The molecule has 7 nitrogen and oxygen atoms in total. The zero-order valence-corrected chi connectivity index (χ0v) is 23.2. The summed E-state index contributed by atoms with van der Waals surface area (Å²) < 4.78 is 7.67. The lowest BCUT2D eigenvalue weighted by Gasteiger charge is -2.39. The monoisotopic (exact) mass is 533 g/mol. The van der Waals surface area contributed by atoms with E-state index in [1.807, 2.05) is 34.2 Å². The summed E-state index contributed by atoms with van der Waals surface area (Å²) in [5.74, 6) is 2.00. The smallest absolute Gasteiger partial charge is 0.273 e. The number of nitrogens with zero attached hydrogens (tertiary/aromatic N) is 5. The van der Waals surface area contributed by atoms with Crippen LogP contribution in [-0.2, 0) is 5.75 Å². The third kappa shape index (κ3) is 4.63. The molecule has 2 bridgehead atoms. The highest BCUT2D eigenvalue weighted by Crippen LogP contribution is 2.52. The lowest BCUT2D eigenvalue weighted by Crippen LogP contribution is -2.37. The SMILES string of the molecule is Cc1ccccc1-n1c(SCc2nc(C(=O)N3CC4(C)CC3CC(C)(C)C4)cs2)nnc1-c1ccco1. The molecule has 4 heterocycles. The molecule has 192 valence electrons. The molecule has 2 aliphatic rings. The second-order valence-corrected chi connectivity index (χ2v) is 13.4. The van der Waals surface area contributed by atoms with Crippen LogP contribution >= 0.6 is 23.1 Å². The standard InChI is InChI=1S/C28H31N5O2S2/c1-18-8-5-6-9-21(18)33-24(22-10-7-11-35-22)30-31-26(33)37-15-23-29-20(14-36-23)25(34)32-17-28(4)13-19(32)12-27(2,3)16-28/h5-11,14,19H,12-13,15-17H2,1-4H3. The van der Waals surface area contributed by atoms with Crippen molar-refractivity contribution in [1.82, 2.24) is 24.6 Å². The van der Waals surface area contributed by atoms with Gasteiger partial charge in [-0.15, -0.1) is 21.5 Å². The van der Waals surface area contributed by atoms with Crippen LogP contribution in [0.5, 0.6) is 0 Å². The van der Waals surface area contributed by atoms with E-state index < -0.39 is 0 Å². The minimum Gasteiger partial charge on any atom is -0.461 e. The van der Waals surface area contributed by atoms with Crippen molar-refractivity contribution < 1.29 is 9.21 Å². The average molecular weight is 534 g/mol. The second-order valence-electron chi connectivity index (χ2n) is 11.5. The van der Waals surface area contributed by atoms with Crippen molar-refractivity contribution in [3.8, 4) is 17.3 Å². The van der Waals surface area contributed by atoms with E-state index in [9.17, 15) is 4.79 Å². The van der Waals surface area contributed by atoms with Crippen molar-refractivity contribution in [3.63, 3.8) is 0 Å². The fourth-order valence-corrected chi connectivity index (χ4v) is 8.14. The maximum Gasteiger partial charge on any atom is 0.273 e. The van der Waals surface area contributed by atoms with Gasteiger partial charge in [0.25, 0.3) is 5.91 Å². The van der Waals surface area contributed by atoms with Gasteiger partial charge in [-0.2, -0.15) is 0 Å². The average Bonchev–Trinajstić information content (AvgIpc) is 3.63. The summed E-state index contributed by atoms with van der Waals surface area (Å²) in [5.41, 5.74) is 3.17. The third-order valence-corrected chi connectivity index (χ3v) is 9.47. The van der Waals surface area contributed by atoms with Crippen molar-refractivity contribution in [3.05, 3.63) is 64.3 Å². The minimum absolute atomic E-state index is 0.0714. The summed E-state index contributed by atoms with van der Waals surface area (Å²) in [5, 5.41) is 12.5. The predicted molar refractivity (Wildman–Crippen MR) is 146 cm³/mol. The first-order valence-electron chi connectivity index (χ1n) is 12.6. The number of aromatic nitrogens is 4. The Morgan fingerprint density at radius 1 is 1.16 bits per heavy atom. The maximum absolute atomic E-state index is 13.5. The fourth-order valence-electron chi connectivity index (χ4n) is 6.41. The van der Waals surface area contributed by atoms with Crippen LogP contribution in [0.25, 0.3) is 17.3 Å². The number of likely N-dealkylation sites (tertiary alicyclic amines) is 1. The highest BCUT2D eigenvalue weighted by Gasteiger charge is 2.51. The quantitative estimate of drug-likeness (QED) is 0.259. The summed E-state index contributed by atoms with van der Waals surface area (Å²) in [6, 6.07) is 12.2. The molecule has 1 aliphatic carbocycles. The molecular weight excluding hydrogens is 502 g/mol. The zero-order chi connectivity index (χ0) is 25.8. The van der Waals surface area contributed by atoms with E-state index in [2.05, 4.69) is 54.9 Å². The molecular formula is C28H31N5O2S2. The van der Waals surface area contributed by atoms with E-state index in [0.29, 0.717) is 29.1 Å². The first-order chi connectivity index (χ1) is 17.7. The number of benzene rings is 1. The van der Waals surface area contributed by atoms with Crippen LogP contribution in [0.15, 0.2) is 57.6 Å². The Labute approximate surface area is 225 Å². The number of thiazole rings is 1. The molecule has 1 aliphatic heterocycles. The number of thioether (sulfide) groups is 1. The van der Waals surface area contributed by atoms with Gasteiger partial charge in [0.05, 0.1) is 17.7 Å². The molecule has 9 heteroatoms. The number of carbonyl (C=O) groups excluding carboxylic acids is 1. The van der Waals surface area contributed by atoms with E-state index in [0.717, 1.165) is 40.8 Å². The van der Waals surface area contributed by atoms with E-state index >= 15 is 0 Å². The number of furan rings is 1. The summed E-state index contributed by atoms with van der Waals surface area (Å²) in [6.45, 7) is 9.89. The number of hydrogen-bond acceptors (Lipinski definition) is 7. The molecule has 0 N–H and O–H groups in total. The molecule has 0 spiro atoms. The van der Waals surface area contributed by atoms with Gasteiger partial charge in [0, 0.05) is 18.0 Å². The van der Waals surface area contributed by atoms with E-state index in [4.69, 9.17) is 9.40 Å². The first kappa shape index (κ1) is 24.4. The van der Waals surface area contributed by atoms with Crippen molar-refractivity contribution in [2.24, 2.45) is 10.8 Å². The molecule has 2 atom stereocenters. The molecule has 1 saturated heterocycles. The molecule has 1 aromatic carbocycles. The van der Waals surface area contributed by atoms with Gasteiger partial charge in [0.15, 0.2) is 10.9 Å². The van der Waals surface area contributed by atoms with Gasteiger partial charge in [0.1, 0.15) is 10.7 Å². The fraction of sp³-hybridized carbons (Fsp3) is 0.429. The molecule has 3 aromatic heterocycles. The van der Waals surface area contributed by atoms with Crippen LogP contribution in [0, 0.1) is 17.8 Å². The summed E-state index contributed by atoms with van der Waals surface area (Å²) in [7, 11) is 0. The van der Waals surface area contributed by atoms with Gasteiger partial charge in [-0.1, -0.05) is 50.7 Å². The van der Waals surface area contributed by atoms with Crippen LogP contribution in [0.4, 0.5) is 0 Å². The Balaban J connectivity index is 1.21. The summed E-state index contributed by atoms with van der Waals surface area (Å²) in [4.78, 5) is 20.3. The van der Waals surface area contributed by atoms with Gasteiger partial charge in [-0.25, -0.2) is 4.98 Å². The molecule has 1 amide bonds. The Bertz CT molecular complexity index is 1440. The Hall–Kier alpha value is -2.91. The number of aryl methyl sites for hydroxylation is 1. The number of hydrogen-bond donors (Lipinski definition) is 0. The molecule has 2 fully saturated rings. The second kappa shape index (κ2) is 9.13. The van der Waals surface area contributed by atoms with Gasteiger partial charge >= 0.3 is 0 Å². The van der Waals surface area contributed by atoms with Crippen LogP contribution in [0.3, 0.4) is 0 Å². The third-order valence-electron chi connectivity index (χ3n) is 7.50. The van der Waals surface area contributed by atoms with Gasteiger partial charge in [-0.05, 0) is 60.8 Å². The van der Waals surface area contributed by atoms with Crippen molar-refractivity contribution >= 4 is 29.0 Å². The van der Waals surface area contributed by atoms with Crippen molar-refractivity contribution in [2.75, 3.05) is 6.54 Å². The Morgan fingerprint density at radius 2 is 2.00 bits per heavy atom. The van der Waals surface area contributed by atoms with Crippen LogP contribution < -0.4 is 0 Å². The summed E-state index contributed by atoms with van der Waals surface area (Å²) >= 11 is 3.10. The summed E-state index contributed by atoms with van der Waals surface area (Å²) in [6.07, 6.45) is 4.97. The van der Waals surface area contributed by atoms with Gasteiger partial charge in [0.2, 0.25) is 5.82 Å². The molecule has 4 aromatic rings. The van der Waals surface area contributed by atoms with Crippen LogP contribution in [-0.4, -0.2) is 43.1 Å². The van der Waals surface area contributed by atoms with Crippen molar-refractivity contribution in [2.45, 2.75) is 63.9 Å². The predicted octanol–water partition coefficient (Wildman–Crippen LogP) is 6.63. The van der Waals surface area contributed by atoms with Crippen LogP contribution in [0.2, 0.25) is 0 Å². The number of carbonyl (C=O) groups is 1. The number of para-hydroxylation sites is 1. The molecule has 1 saturated carbocycles. The lowest BCUT2D eigenvalue weighted by atomic mass is 9.65.